The standard InChI is InChI=1S/C16H17N3S/c1-16(7-4-8-20-16)11-18-15-9-12(10-17)13-5-2-3-6-14(13)19-15/h2-3,5-6,9H,4,7-8,11H2,1H3,(H,18,19). The fourth-order valence-electron chi connectivity index (χ4n) is 2.61. The molecule has 1 saturated heterocycles. The predicted molar refractivity (Wildman–Crippen MR) is 85.0 cm³/mol. The van der Waals surface area contributed by atoms with E-state index in [1.807, 2.05) is 42.1 Å². The van der Waals surface area contributed by atoms with E-state index in [0.717, 1.165) is 23.3 Å². The lowest BCUT2D eigenvalue weighted by Crippen LogP contribution is -2.27. The lowest BCUT2D eigenvalue weighted by molar-refractivity contribution is 0.634. The summed E-state index contributed by atoms with van der Waals surface area (Å²) in [6.45, 7) is 3.19. The Morgan fingerprint density at radius 1 is 1.45 bits per heavy atom. The van der Waals surface area contributed by atoms with E-state index < -0.39 is 0 Å². The highest BCUT2D eigenvalue weighted by Crippen LogP contribution is 2.37. The molecule has 4 heteroatoms. The Morgan fingerprint density at radius 3 is 3.05 bits per heavy atom. The van der Waals surface area contributed by atoms with Crippen LogP contribution in [0.15, 0.2) is 30.3 Å². The minimum absolute atomic E-state index is 0.292. The maximum atomic E-state index is 9.28. The highest BCUT2D eigenvalue weighted by molar-refractivity contribution is 8.00. The van der Waals surface area contributed by atoms with Gasteiger partial charge in [0.1, 0.15) is 5.82 Å². The molecule has 1 aliphatic heterocycles. The molecule has 3 nitrogen and oxygen atoms in total. The fourth-order valence-corrected chi connectivity index (χ4v) is 3.86. The van der Waals surface area contributed by atoms with Crippen LogP contribution in [0.4, 0.5) is 5.82 Å². The molecule has 0 bridgehead atoms. The molecule has 1 fully saturated rings. The van der Waals surface area contributed by atoms with E-state index in [9.17, 15) is 5.26 Å². The van der Waals surface area contributed by atoms with E-state index in [-0.39, 0.29) is 0 Å². The van der Waals surface area contributed by atoms with Crippen molar-refractivity contribution in [3.63, 3.8) is 0 Å². The Kier molecular flexibility index (Phi) is 3.54. The first-order valence-electron chi connectivity index (χ1n) is 6.88. The Labute approximate surface area is 123 Å². The molecule has 1 aliphatic rings. The SMILES string of the molecule is CC1(CNc2cc(C#N)c3ccccc3n2)CCCS1. The molecule has 1 aromatic heterocycles. The molecule has 2 heterocycles. The average molecular weight is 283 g/mol. The van der Waals surface area contributed by atoms with Crippen LogP contribution in [-0.2, 0) is 0 Å². The Hall–Kier alpha value is -1.73. The van der Waals surface area contributed by atoms with Gasteiger partial charge in [-0.2, -0.15) is 17.0 Å². The molecular formula is C16H17N3S. The summed E-state index contributed by atoms with van der Waals surface area (Å²) in [7, 11) is 0. The minimum Gasteiger partial charge on any atom is -0.369 e. The van der Waals surface area contributed by atoms with Gasteiger partial charge in [0.25, 0.3) is 0 Å². The molecule has 102 valence electrons. The zero-order valence-electron chi connectivity index (χ0n) is 11.5. The highest BCUT2D eigenvalue weighted by Gasteiger charge is 2.29. The summed E-state index contributed by atoms with van der Waals surface area (Å²) < 4.78 is 0.292. The quantitative estimate of drug-likeness (QED) is 0.930. The average Bonchev–Trinajstić information content (AvgIpc) is 2.91. The molecule has 0 spiro atoms. The van der Waals surface area contributed by atoms with Gasteiger partial charge in [-0.05, 0) is 37.7 Å². The second-order valence-electron chi connectivity index (χ2n) is 5.44. The molecule has 1 N–H and O–H groups in total. The molecule has 0 radical (unpaired) electrons. The van der Waals surface area contributed by atoms with Crippen LogP contribution >= 0.6 is 11.8 Å². The molecule has 0 saturated carbocycles. The number of anilines is 1. The summed E-state index contributed by atoms with van der Waals surface area (Å²) >= 11 is 2.02. The van der Waals surface area contributed by atoms with Crippen LogP contribution in [-0.4, -0.2) is 22.0 Å². The second kappa shape index (κ2) is 5.34. The third-order valence-corrected chi connectivity index (χ3v) is 5.32. The topological polar surface area (TPSA) is 48.7 Å². The maximum absolute atomic E-state index is 9.28. The van der Waals surface area contributed by atoms with Crippen LogP contribution in [0.5, 0.6) is 0 Å². The van der Waals surface area contributed by atoms with Crippen molar-refractivity contribution in [1.29, 1.82) is 5.26 Å². The van der Waals surface area contributed by atoms with Gasteiger partial charge < -0.3 is 5.32 Å². The molecule has 0 aliphatic carbocycles. The first kappa shape index (κ1) is 13.3. The smallest absolute Gasteiger partial charge is 0.128 e. The molecule has 3 rings (SSSR count). The van der Waals surface area contributed by atoms with Crippen LogP contribution in [0.3, 0.4) is 0 Å². The molecule has 2 aromatic rings. The first-order valence-corrected chi connectivity index (χ1v) is 7.86. The number of para-hydroxylation sites is 1. The lowest BCUT2D eigenvalue weighted by Gasteiger charge is -2.23. The van der Waals surface area contributed by atoms with Gasteiger partial charge in [0, 0.05) is 16.7 Å². The van der Waals surface area contributed by atoms with E-state index in [1.165, 1.54) is 18.6 Å². The summed E-state index contributed by atoms with van der Waals surface area (Å²) in [5.74, 6) is 2.04. The number of nitriles is 1. The molecule has 1 atom stereocenters. The molecule has 1 unspecified atom stereocenters. The second-order valence-corrected chi connectivity index (χ2v) is 7.12. The van der Waals surface area contributed by atoms with Gasteiger partial charge in [-0.15, -0.1) is 0 Å². The number of hydrogen-bond donors (Lipinski definition) is 1. The fraction of sp³-hybridized carbons (Fsp3) is 0.375. The summed E-state index contributed by atoms with van der Waals surface area (Å²) in [4.78, 5) is 4.60. The van der Waals surface area contributed by atoms with Crippen molar-refractivity contribution in [1.82, 2.24) is 4.98 Å². The zero-order chi connectivity index (χ0) is 14.0. The molecule has 20 heavy (non-hydrogen) atoms. The maximum Gasteiger partial charge on any atom is 0.128 e. The van der Waals surface area contributed by atoms with Crippen LogP contribution < -0.4 is 5.32 Å². The van der Waals surface area contributed by atoms with Crippen LogP contribution in [0.1, 0.15) is 25.3 Å². The first-order chi connectivity index (χ1) is 9.70. The van der Waals surface area contributed by atoms with Gasteiger partial charge in [0.2, 0.25) is 0 Å². The number of fused-ring (bicyclic) bond motifs is 1. The van der Waals surface area contributed by atoms with Crippen molar-refractivity contribution >= 4 is 28.5 Å². The summed E-state index contributed by atoms with van der Waals surface area (Å²) in [5, 5.41) is 13.6. The summed E-state index contributed by atoms with van der Waals surface area (Å²) in [5.41, 5.74) is 1.56. The minimum atomic E-state index is 0.292. The number of nitrogens with zero attached hydrogens (tertiary/aromatic N) is 2. The lowest BCUT2D eigenvalue weighted by atomic mass is 10.1. The summed E-state index contributed by atoms with van der Waals surface area (Å²) in [6, 6.07) is 11.9. The van der Waals surface area contributed by atoms with Gasteiger partial charge >= 0.3 is 0 Å². The van der Waals surface area contributed by atoms with E-state index in [2.05, 4.69) is 23.3 Å². The van der Waals surface area contributed by atoms with Gasteiger partial charge in [-0.25, -0.2) is 4.98 Å². The monoisotopic (exact) mass is 283 g/mol. The molecular weight excluding hydrogens is 266 g/mol. The van der Waals surface area contributed by atoms with E-state index >= 15 is 0 Å². The number of benzene rings is 1. The Balaban J connectivity index is 1.87. The van der Waals surface area contributed by atoms with Crippen molar-refractivity contribution in [2.24, 2.45) is 0 Å². The number of thioether (sulfide) groups is 1. The van der Waals surface area contributed by atoms with Crippen molar-refractivity contribution in [3.05, 3.63) is 35.9 Å². The number of rotatable bonds is 3. The van der Waals surface area contributed by atoms with E-state index in [0.29, 0.717) is 10.3 Å². The van der Waals surface area contributed by atoms with Gasteiger partial charge in [-0.1, -0.05) is 18.2 Å². The number of nitrogens with one attached hydrogen (secondary N) is 1. The van der Waals surface area contributed by atoms with Crippen molar-refractivity contribution in [3.8, 4) is 6.07 Å². The molecule has 1 aromatic carbocycles. The highest BCUT2D eigenvalue weighted by atomic mass is 32.2. The van der Waals surface area contributed by atoms with Crippen molar-refractivity contribution in [2.45, 2.75) is 24.5 Å². The largest absolute Gasteiger partial charge is 0.369 e. The number of pyridine rings is 1. The third kappa shape index (κ3) is 2.59. The van der Waals surface area contributed by atoms with Crippen molar-refractivity contribution in [2.75, 3.05) is 17.6 Å². The van der Waals surface area contributed by atoms with Crippen LogP contribution in [0.2, 0.25) is 0 Å². The van der Waals surface area contributed by atoms with Gasteiger partial charge in [-0.3, -0.25) is 0 Å². The van der Waals surface area contributed by atoms with Crippen LogP contribution in [0, 0.1) is 11.3 Å². The van der Waals surface area contributed by atoms with E-state index in [1.54, 1.807) is 0 Å². The molecule has 0 amide bonds. The van der Waals surface area contributed by atoms with Gasteiger partial charge in [0.15, 0.2) is 0 Å². The van der Waals surface area contributed by atoms with E-state index in [4.69, 9.17) is 0 Å². The summed E-state index contributed by atoms with van der Waals surface area (Å²) in [6.07, 6.45) is 2.53. The normalized spacial score (nSPS) is 21.8. The predicted octanol–water partition coefficient (Wildman–Crippen LogP) is 3.80. The van der Waals surface area contributed by atoms with Crippen LogP contribution in [0.25, 0.3) is 10.9 Å². The van der Waals surface area contributed by atoms with Gasteiger partial charge in [0.05, 0.1) is 17.1 Å². The zero-order valence-corrected chi connectivity index (χ0v) is 12.3. The Bertz CT molecular complexity index is 669. The Morgan fingerprint density at radius 2 is 2.30 bits per heavy atom. The third-order valence-electron chi connectivity index (χ3n) is 3.78. The van der Waals surface area contributed by atoms with Crippen molar-refractivity contribution < 1.29 is 0 Å². The number of aromatic nitrogens is 1. The number of hydrogen-bond acceptors (Lipinski definition) is 4.